The fourth-order valence-electron chi connectivity index (χ4n) is 2.77. The number of nitrogens with zero attached hydrogens (tertiary/aromatic N) is 3. The largest absolute Gasteiger partial charge is 0.357 e. The van der Waals surface area contributed by atoms with Gasteiger partial charge in [-0.05, 0) is 26.3 Å². The van der Waals surface area contributed by atoms with Crippen molar-refractivity contribution in [1.29, 1.82) is 0 Å². The van der Waals surface area contributed by atoms with Crippen LogP contribution >= 0.6 is 0 Å². The van der Waals surface area contributed by atoms with Crippen molar-refractivity contribution in [2.24, 2.45) is 13.0 Å². The van der Waals surface area contributed by atoms with Crippen LogP contribution < -0.4 is 10.2 Å². The summed E-state index contributed by atoms with van der Waals surface area (Å²) in [5.74, 6) is 2.05. The molecule has 116 valence electrons. The van der Waals surface area contributed by atoms with E-state index in [1.807, 2.05) is 4.68 Å². The van der Waals surface area contributed by atoms with Crippen molar-refractivity contribution in [2.45, 2.75) is 54.0 Å². The van der Waals surface area contributed by atoms with E-state index in [1.54, 1.807) is 0 Å². The summed E-state index contributed by atoms with van der Waals surface area (Å²) in [5, 5.41) is 8.07. The van der Waals surface area contributed by atoms with Crippen LogP contribution in [0.5, 0.6) is 0 Å². The highest BCUT2D eigenvalue weighted by atomic mass is 15.4. The standard InChI is InChI=1S/C16H32N4/c1-7-14(8-2)12-20(10-4)16-15(11-17-9-3)13(5)18-19(16)6/h14,17H,7-12H2,1-6H3. The van der Waals surface area contributed by atoms with Crippen molar-refractivity contribution in [2.75, 3.05) is 24.5 Å². The minimum atomic E-state index is 0.761. The third kappa shape index (κ3) is 3.98. The molecular weight excluding hydrogens is 248 g/mol. The highest BCUT2D eigenvalue weighted by Crippen LogP contribution is 2.25. The number of nitrogens with one attached hydrogen (secondary N) is 1. The molecule has 0 saturated heterocycles. The van der Waals surface area contributed by atoms with Gasteiger partial charge in [0.25, 0.3) is 0 Å². The number of aromatic nitrogens is 2. The molecule has 1 aromatic heterocycles. The van der Waals surface area contributed by atoms with Crippen LogP contribution in [0.3, 0.4) is 0 Å². The van der Waals surface area contributed by atoms with E-state index in [-0.39, 0.29) is 0 Å². The van der Waals surface area contributed by atoms with E-state index in [0.29, 0.717) is 0 Å². The summed E-state index contributed by atoms with van der Waals surface area (Å²) < 4.78 is 2.05. The minimum Gasteiger partial charge on any atom is -0.357 e. The molecule has 0 saturated carbocycles. The van der Waals surface area contributed by atoms with Crippen LogP contribution in [0.1, 0.15) is 51.8 Å². The highest BCUT2D eigenvalue weighted by molar-refractivity contribution is 5.50. The van der Waals surface area contributed by atoms with Crippen LogP contribution in [-0.2, 0) is 13.6 Å². The van der Waals surface area contributed by atoms with E-state index in [1.165, 1.54) is 24.2 Å². The maximum absolute atomic E-state index is 4.63. The summed E-state index contributed by atoms with van der Waals surface area (Å²) in [4.78, 5) is 2.49. The molecule has 0 amide bonds. The van der Waals surface area contributed by atoms with Gasteiger partial charge in [-0.15, -0.1) is 0 Å². The molecule has 0 unspecified atom stereocenters. The van der Waals surface area contributed by atoms with Gasteiger partial charge in [-0.2, -0.15) is 5.10 Å². The molecule has 1 aromatic rings. The van der Waals surface area contributed by atoms with E-state index < -0.39 is 0 Å². The first-order chi connectivity index (χ1) is 9.58. The molecule has 0 aliphatic heterocycles. The van der Waals surface area contributed by atoms with Crippen LogP contribution in [0.25, 0.3) is 0 Å². The molecule has 1 rings (SSSR count). The SMILES string of the molecule is CCNCc1c(C)nn(C)c1N(CC)CC(CC)CC. The van der Waals surface area contributed by atoms with Gasteiger partial charge in [0, 0.05) is 32.2 Å². The van der Waals surface area contributed by atoms with Crippen molar-refractivity contribution in [1.82, 2.24) is 15.1 Å². The van der Waals surface area contributed by atoms with Crippen LogP contribution in [0, 0.1) is 12.8 Å². The van der Waals surface area contributed by atoms with Crippen molar-refractivity contribution in [3.8, 4) is 0 Å². The van der Waals surface area contributed by atoms with E-state index in [2.05, 4.69) is 57.0 Å². The van der Waals surface area contributed by atoms with Gasteiger partial charge in [0.1, 0.15) is 5.82 Å². The summed E-state index contributed by atoms with van der Waals surface area (Å²) in [6.45, 7) is 15.1. The molecule has 0 spiro atoms. The number of anilines is 1. The lowest BCUT2D eigenvalue weighted by molar-refractivity contribution is 0.480. The molecule has 4 heteroatoms. The second-order valence-electron chi connectivity index (χ2n) is 5.51. The number of hydrogen-bond acceptors (Lipinski definition) is 3. The smallest absolute Gasteiger partial charge is 0.131 e. The fraction of sp³-hybridized carbons (Fsp3) is 0.812. The van der Waals surface area contributed by atoms with E-state index in [9.17, 15) is 0 Å². The second kappa shape index (κ2) is 8.30. The maximum atomic E-state index is 4.63. The predicted octanol–water partition coefficient (Wildman–Crippen LogP) is 3.10. The molecular formula is C16H32N4. The van der Waals surface area contributed by atoms with Gasteiger partial charge in [0.05, 0.1) is 5.69 Å². The van der Waals surface area contributed by atoms with Gasteiger partial charge in [0.15, 0.2) is 0 Å². The van der Waals surface area contributed by atoms with Gasteiger partial charge >= 0.3 is 0 Å². The zero-order valence-corrected chi connectivity index (χ0v) is 14.2. The summed E-state index contributed by atoms with van der Waals surface area (Å²) in [5.41, 5.74) is 2.49. The van der Waals surface area contributed by atoms with Crippen molar-refractivity contribution in [3.05, 3.63) is 11.3 Å². The van der Waals surface area contributed by atoms with Gasteiger partial charge < -0.3 is 10.2 Å². The monoisotopic (exact) mass is 280 g/mol. The molecule has 20 heavy (non-hydrogen) atoms. The second-order valence-corrected chi connectivity index (χ2v) is 5.51. The summed E-state index contributed by atoms with van der Waals surface area (Å²) >= 11 is 0. The lowest BCUT2D eigenvalue weighted by Gasteiger charge is -2.28. The van der Waals surface area contributed by atoms with Crippen molar-refractivity contribution in [3.63, 3.8) is 0 Å². The normalized spacial score (nSPS) is 11.3. The Morgan fingerprint density at radius 2 is 1.85 bits per heavy atom. The third-order valence-electron chi connectivity index (χ3n) is 4.18. The van der Waals surface area contributed by atoms with Gasteiger partial charge in [-0.3, -0.25) is 4.68 Å². The quantitative estimate of drug-likeness (QED) is 0.754. The predicted molar refractivity (Wildman–Crippen MR) is 87.3 cm³/mol. The topological polar surface area (TPSA) is 33.1 Å². The summed E-state index contributed by atoms with van der Waals surface area (Å²) in [6, 6.07) is 0. The van der Waals surface area contributed by atoms with Gasteiger partial charge in [-0.1, -0.05) is 33.6 Å². The highest BCUT2D eigenvalue weighted by Gasteiger charge is 2.20. The summed E-state index contributed by atoms with van der Waals surface area (Å²) in [6.07, 6.45) is 2.48. The molecule has 1 N–H and O–H groups in total. The Bertz CT molecular complexity index is 393. The average Bonchev–Trinajstić information content (AvgIpc) is 2.72. The molecule has 0 aliphatic carbocycles. The Balaban J connectivity index is 3.00. The Morgan fingerprint density at radius 3 is 2.35 bits per heavy atom. The first-order valence-corrected chi connectivity index (χ1v) is 8.06. The third-order valence-corrected chi connectivity index (χ3v) is 4.18. The van der Waals surface area contributed by atoms with E-state index in [0.717, 1.165) is 37.8 Å². The van der Waals surface area contributed by atoms with Gasteiger partial charge in [0.2, 0.25) is 0 Å². The zero-order valence-electron chi connectivity index (χ0n) is 14.2. The van der Waals surface area contributed by atoms with E-state index >= 15 is 0 Å². The Hall–Kier alpha value is -1.03. The van der Waals surface area contributed by atoms with Crippen LogP contribution in [0.2, 0.25) is 0 Å². The average molecular weight is 280 g/mol. The molecule has 0 atom stereocenters. The van der Waals surface area contributed by atoms with Crippen molar-refractivity contribution < 1.29 is 0 Å². The van der Waals surface area contributed by atoms with Crippen LogP contribution in [-0.4, -0.2) is 29.4 Å². The number of hydrogen-bond donors (Lipinski definition) is 1. The number of aryl methyl sites for hydroxylation is 2. The van der Waals surface area contributed by atoms with Gasteiger partial charge in [-0.25, -0.2) is 0 Å². The lowest BCUT2D eigenvalue weighted by Crippen LogP contribution is -2.32. The molecule has 0 aliphatic rings. The van der Waals surface area contributed by atoms with E-state index in [4.69, 9.17) is 0 Å². The lowest BCUT2D eigenvalue weighted by atomic mass is 10.0. The molecule has 1 heterocycles. The maximum Gasteiger partial charge on any atom is 0.131 e. The Labute approximate surface area is 124 Å². The Morgan fingerprint density at radius 1 is 1.20 bits per heavy atom. The number of rotatable bonds is 9. The molecule has 0 bridgehead atoms. The summed E-state index contributed by atoms with van der Waals surface area (Å²) in [7, 11) is 2.06. The van der Waals surface area contributed by atoms with Crippen LogP contribution in [0.15, 0.2) is 0 Å². The molecule has 0 radical (unpaired) electrons. The first-order valence-electron chi connectivity index (χ1n) is 8.06. The van der Waals surface area contributed by atoms with Crippen molar-refractivity contribution >= 4 is 5.82 Å². The van der Waals surface area contributed by atoms with Crippen LogP contribution in [0.4, 0.5) is 5.82 Å². The zero-order chi connectivity index (χ0) is 15.1. The molecule has 0 aromatic carbocycles. The first kappa shape index (κ1) is 17.0. The molecule has 4 nitrogen and oxygen atoms in total. The minimum absolute atomic E-state index is 0.761. The fourth-order valence-corrected chi connectivity index (χ4v) is 2.77. The Kier molecular flexibility index (Phi) is 7.06. The molecule has 0 fully saturated rings.